The maximum absolute atomic E-state index is 5.58. The molecule has 0 radical (unpaired) electrons. The molecule has 1 aliphatic carbocycles. The first kappa shape index (κ1) is 16.4. The van der Waals surface area contributed by atoms with Gasteiger partial charge in [-0.2, -0.15) is 4.98 Å². The molecule has 1 saturated carbocycles. The molecule has 132 valence electrons. The minimum Gasteiger partial charge on any atom is -0.493 e. The molecule has 0 saturated heterocycles. The van der Waals surface area contributed by atoms with Crippen LogP contribution in [0.4, 0.5) is 0 Å². The van der Waals surface area contributed by atoms with Crippen molar-refractivity contribution in [3.05, 3.63) is 72.6 Å². The van der Waals surface area contributed by atoms with Crippen molar-refractivity contribution in [3.63, 3.8) is 0 Å². The van der Waals surface area contributed by atoms with Gasteiger partial charge in [-0.15, -0.1) is 0 Å². The topological polar surface area (TPSA) is 57.4 Å². The number of methoxy groups -OCH3 is 1. The summed E-state index contributed by atoms with van der Waals surface area (Å²) in [5, 5.41) is 4.14. The van der Waals surface area contributed by atoms with Crippen LogP contribution in [-0.4, -0.2) is 23.9 Å². The monoisotopic (exact) mass is 348 g/mol. The van der Waals surface area contributed by atoms with Crippen LogP contribution in [0.1, 0.15) is 29.7 Å². The number of benzene rings is 2. The molecule has 0 spiro atoms. The highest BCUT2D eigenvalue weighted by atomic mass is 16.5. The Morgan fingerprint density at radius 2 is 2.00 bits per heavy atom. The fourth-order valence-electron chi connectivity index (χ4n) is 3.11. The van der Waals surface area contributed by atoms with Crippen LogP contribution < -0.4 is 9.47 Å². The third kappa shape index (κ3) is 3.20. The van der Waals surface area contributed by atoms with Gasteiger partial charge in [0.05, 0.1) is 7.11 Å². The second kappa shape index (κ2) is 7.04. The molecule has 0 aliphatic heterocycles. The van der Waals surface area contributed by atoms with Gasteiger partial charge in [-0.05, 0) is 36.1 Å². The van der Waals surface area contributed by atoms with Gasteiger partial charge in [0.2, 0.25) is 11.7 Å². The third-order valence-corrected chi connectivity index (χ3v) is 4.56. The average molecular weight is 348 g/mol. The van der Waals surface area contributed by atoms with E-state index in [1.165, 1.54) is 5.56 Å². The molecule has 1 aromatic heterocycles. The van der Waals surface area contributed by atoms with Gasteiger partial charge >= 0.3 is 0 Å². The summed E-state index contributed by atoms with van der Waals surface area (Å²) < 4.78 is 16.5. The average Bonchev–Trinajstić information content (AvgIpc) is 3.35. The van der Waals surface area contributed by atoms with Crippen molar-refractivity contribution in [1.82, 2.24) is 10.1 Å². The first-order valence-electron chi connectivity index (χ1n) is 8.61. The van der Waals surface area contributed by atoms with Gasteiger partial charge in [-0.3, -0.25) is 0 Å². The Balaban J connectivity index is 1.52. The van der Waals surface area contributed by atoms with E-state index < -0.39 is 0 Å². The van der Waals surface area contributed by atoms with Crippen LogP contribution in [0.25, 0.3) is 11.4 Å². The summed E-state index contributed by atoms with van der Waals surface area (Å²) in [4.78, 5) is 4.60. The quantitative estimate of drug-likeness (QED) is 0.585. The fraction of sp³-hybridized carbons (Fsp3) is 0.238. The number of ether oxygens (including phenoxy) is 2. The molecule has 26 heavy (non-hydrogen) atoms. The zero-order valence-corrected chi connectivity index (χ0v) is 14.6. The number of hydrogen-bond donors (Lipinski definition) is 0. The molecule has 1 heterocycles. The predicted molar refractivity (Wildman–Crippen MR) is 98.5 cm³/mol. The van der Waals surface area contributed by atoms with E-state index in [0.29, 0.717) is 41.7 Å². The zero-order valence-electron chi connectivity index (χ0n) is 14.6. The third-order valence-electron chi connectivity index (χ3n) is 4.56. The van der Waals surface area contributed by atoms with E-state index in [1.807, 2.05) is 24.3 Å². The number of aromatic nitrogens is 2. The first-order valence-corrected chi connectivity index (χ1v) is 8.61. The highest BCUT2D eigenvalue weighted by Gasteiger charge is 2.43. The predicted octanol–water partition coefficient (Wildman–Crippen LogP) is 4.58. The highest BCUT2D eigenvalue weighted by Crippen LogP contribution is 2.54. The van der Waals surface area contributed by atoms with Gasteiger partial charge in [-0.1, -0.05) is 48.1 Å². The number of nitrogens with zero attached hydrogens (tertiary/aromatic N) is 2. The molecule has 1 fully saturated rings. The van der Waals surface area contributed by atoms with Gasteiger partial charge in [0, 0.05) is 11.5 Å². The Labute approximate surface area is 152 Å². The van der Waals surface area contributed by atoms with Crippen LogP contribution in [0.5, 0.6) is 11.5 Å². The van der Waals surface area contributed by atoms with Gasteiger partial charge < -0.3 is 14.0 Å². The largest absolute Gasteiger partial charge is 0.493 e. The van der Waals surface area contributed by atoms with Crippen molar-refractivity contribution in [3.8, 4) is 22.9 Å². The fourth-order valence-corrected chi connectivity index (χ4v) is 3.11. The summed E-state index contributed by atoms with van der Waals surface area (Å²) in [5.74, 6) is 3.31. The summed E-state index contributed by atoms with van der Waals surface area (Å²) in [5.41, 5.74) is 2.15. The molecule has 0 amide bonds. The molecule has 2 atom stereocenters. The maximum atomic E-state index is 5.58. The van der Waals surface area contributed by atoms with E-state index in [9.17, 15) is 0 Å². The van der Waals surface area contributed by atoms with Gasteiger partial charge in [0.25, 0.3) is 0 Å². The van der Waals surface area contributed by atoms with E-state index in [2.05, 4.69) is 41.0 Å². The highest BCUT2D eigenvalue weighted by molar-refractivity contribution is 5.60. The minimum atomic E-state index is 0.302. The van der Waals surface area contributed by atoms with Crippen LogP contribution in [0.2, 0.25) is 0 Å². The lowest BCUT2D eigenvalue weighted by Gasteiger charge is -2.09. The molecule has 0 N–H and O–H groups in total. The molecule has 5 heteroatoms. The Morgan fingerprint density at radius 3 is 2.77 bits per heavy atom. The lowest BCUT2D eigenvalue weighted by Crippen LogP contribution is -1.96. The standard InChI is InChI=1S/C21H20N2O3/c1-3-11-25-18-10-9-15(12-19(18)24-2)20-22-21(26-23-20)17-13-16(17)14-7-5-4-6-8-14/h3-10,12,16-17H,1,11,13H2,2H3/t16-,17-/m0/s1. The molecule has 5 nitrogen and oxygen atoms in total. The minimum absolute atomic E-state index is 0.302. The summed E-state index contributed by atoms with van der Waals surface area (Å²) in [6, 6.07) is 16.0. The molecule has 1 aliphatic rings. The van der Waals surface area contributed by atoms with E-state index in [0.717, 1.165) is 12.0 Å². The molecule has 0 bridgehead atoms. The maximum Gasteiger partial charge on any atom is 0.230 e. The van der Waals surface area contributed by atoms with Gasteiger partial charge in [0.15, 0.2) is 11.5 Å². The van der Waals surface area contributed by atoms with Gasteiger partial charge in [0.1, 0.15) is 6.61 Å². The Bertz CT molecular complexity index is 905. The second-order valence-corrected chi connectivity index (χ2v) is 6.28. The summed E-state index contributed by atoms with van der Waals surface area (Å²) in [7, 11) is 1.61. The Kier molecular flexibility index (Phi) is 4.44. The zero-order chi connectivity index (χ0) is 17.9. The SMILES string of the molecule is C=CCOc1ccc(-c2noc([C@H]3C[C@H]3c3ccccc3)n2)cc1OC. The summed E-state index contributed by atoms with van der Waals surface area (Å²) in [6.07, 6.45) is 2.74. The van der Waals surface area contributed by atoms with Crippen LogP contribution in [-0.2, 0) is 0 Å². The van der Waals surface area contributed by atoms with Crippen molar-refractivity contribution >= 4 is 0 Å². The van der Waals surface area contributed by atoms with Crippen molar-refractivity contribution in [2.75, 3.05) is 13.7 Å². The van der Waals surface area contributed by atoms with Crippen molar-refractivity contribution in [2.24, 2.45) is 0 Å². The lowest BCUT2D eigenvalue weighted by molar-refractivity contribution is 0.326. The van der Waals surface area contributed by atoms with E-state index in [4.69, 9.17) is 14.0 Å². The van der Waals surface area contributed by atoms with Crippen LogP contribution in [0, 0.1) is 0 Å². The molecule has 4 rings (SSSR count). The van der Waals surface area contributed by atoms with Crippen LogP contribution in [0.15, 0.2) is 65.7 Å². The Hall–Kier alpha value is -3.08. The number of hydrogen-bond acceptors (Lipinski definition) is 5. The van der Waals surface area contributed by atoms with E-state index in [1.54, 1.807) is 13.2 Å². The van der Waals surface area contributed by atoms with Gasteiger partial charge in [-0.25, -0.2) is 0 Å². The molecule has 0 unspecified atom stereocenters. The Morgan fingerprint density at radius 1 is 1.15 bits per heavy atom. The molecule has 3 aromatic rings. The molecule has 2 aromatic carbocycles. The number of rotatable bonds is 7. The summed E-state index contributed by atoms with van der Waals surface area (Å²) >= 11 is 0. The molecular formula is C21H20N2O3. The van der Waals surface area contributed by atoms with E-state index >= 15 is 0 Å². The lowest BCUT2D eigenvalue weighted by atomic mass is 10.1. The van der Waals surface area contributed by atoms with Crippen molar-refractivity contribution in [1.29, 1.82) is 0 Å². The van der Waals surface area contributed by atoms with E-state index in [-0.39, 0.29) is 0 Å². The van der Waals surface area contributed by atoms with Crippen molar-refractivity contribution < 1.29 is 14.0 Å². The first-order chi connectivity index (χ1) is 12.8. The summed E-state index contributed by atoms with van der Waals surface area (Å²) in [6.45, 7) is 4.07. The smallest absolute Gasteiger partial charge is 0.230 e. The van der Waals surface area contributed by atoms with Crippen molar-refractivity contribution in [2.45, 2.75) is 18.3 Å². The molecular weight excluding hydrogens is 328 g/mol. The van der Waals surface area contributed by atoms with Crippen LogP contribution >= 0.6 is 0 Å². The second-order valence-electron chi connectivity index (χ2n) is 6.28. The normalized spacial score (nSPS) is 18.3. The van der Waals surface area contributed by atoms with Crippen LogP contribution in [0.3, 0.4) is 0 Å².